The predicted octanol–water partition coefficient (Wildman–Crippen LogP) is 4.14. The summed E-state index contributed by atoms with van der Waals surface area (Å²) in [4.78, 5) is 0. The molecule has 0 bridgehead atoms. The highest BCUT2D eigenvalue weighted by atomic mass is 13.8. The fraction of sp³-hybridized carbons (Fsp3) is 0.286. The Morgan fingerprint density at radius 2 is 1.50 bits per heavy atom. The highest BCUT2D eigenvalue weighted by molar-refractivity contribution is 5.12. The molecule has 0 atom stereocenters. The summed E-state index contributed by atoms with van der Waals surface area (Å²) in [5, 5.41) is 0. The van der Waals surface area contributed by atoms with Crippen molar-refractivity contribution in [1.29, 1.82) is 0 Å². The van der Waals surface area contributed by atoms with Crippen molar-refractivity contribution in [2.24, 2.45) is 0 Å². The van der Waals surface area contributed by atoms with E-state index in [0.717, 1.165) is 25.7 Å². The van der Waals surface area contributed by atoms with Gasteiger partial charge in [-0.2, -0.15) is 0 Å². The van der Waals surface area contributed by atoms with Gasteiger partial charge in [0.2, 0.25) is 0 Å². The molecule has 0 aromatic heterocycles. The second-order valence-electron chi connectivity index (χ2n) is 3.13. The largest absolute Gasteiger partial charge is 0.0844 e. The molecule has 0 unspecified atom stereocenters. The SMILES string of the molecule is [C]1=C/C/C=C/C\C=C/C=C/C=C/CC/1. The molecule has 0 N–H and O–H groups in total. The van der Waals surface area contributed by atoms with Crippen molar-refractivity contribution >= 4 is 0 Å². The van der Waals surface area contributed by atoms with Crippen LogP contribution in [0.2, 0.25) is 0 Å². The molecule has 0 amide bonds. The first-order valence-corrected chi connectivity index (χ1v) is 5.18. The van der Waals surface area contributed by atoms with Gasteiger partial charge in [0.1, 0.15) is 0 Å². The third-order valence-electron chi connectivity index (χ3n) is 1.90. The Morgan fingerprint density at radius 1 is 0.714 bits per heavy atom. The summed E-state index contributed by atoms with van der Waals surface area (Å²) >= 11 is 0. The second kappa shape index (κ2) is 8.31. The zero-order valence-corrected chi connectivity index (χ0v) is 8.52. The van der Waals surface area contributed by atoms with Crippen LogP contribution >= 0.6 is 0 Å². The Hall–Kier alpha value is -1.30. The Balaban J connectivity index is 2.45. The van der Waals surface area contributed by atoms with Crippen molar-refractivity contribution in [3.05, 3.63) is 60.8 Å². The van der Waals surface area contributed by atoms with Crippen molar-refractivity contribution in [3.63, 3.8) is 0 Å². The fourth-order valence-corrected chi connectivity index (χ4v) is 1.15. The molecular weight excluding hydrogens is 168 g/mol. The number of rotatable bonds is 0. The molecule has 0 nitrogen and oxygen atoms in total. The van der Waals surface area contributed by atoms with Crippen molar-refractivity contribution in [2.75, 3.05) is 0 Å². The van der Waals surface area contributed by atoms with Crippen LogP contribution in [0.3, 0.4) is 0 Å². The van der Waals surface area contributed by atoms with Crippen LogP contribution in [0.1, 0.15) is 25.7 Å². The van der Waals surface area contributed by atoms with Gasteiger partial charge in [0.25, 0.3) is 0 Å². The van der Waals surface area contributed by atoms with E-state index in [-0.39, 0.29) is 0 Å². The third kappa shape index (κ3) is 6.24. The molecule has 0 fully saturated rings. The summed E-state index contributed by atoms with van der Waals surface area (Å²) in [6, 6.07) is 0. The van der Waals surface area contributed by atoms with Crippen LogP contribution in [-0.2, 0) is 0 Å². The monoisotopic (exact) mass is 185 g/mol. The van der Waals surface area contributed by atoms with Gasteiger partial charge in [0, 0.05) is 0 Å². The van der Waals surface area contributed by atoms with Crippen LogP contribution in [0.4, 0.5) is 0 Å². The molecule has 1 aliphatic carbocycles. The second-order valence-corrected chi connectivity index (χ2v) is 3.13. The van der Waals surface area contributed by atoms with Crippen molar-refractivity contribution in [1.82, 2.24) is 0 Å². The predicted molar refractivity (Wildman–Crippen MR) is 62.8 cm³/mol. The van der Waals surface area contributed by atoms with Gasteiger partial charge in [-0.25, -0.2) is 0 Å². The lowest BCUT2D eigenvalue weighted by atomic mass is 10.2. The highest BCUT2D eigenvalue weighted by Crippen LogP contribution is 1.97. The van der Waals surface area contributed by atoms with Gasteiger partial charge in [-0.05, 0) is 31.8 Å². The molecule has 0 saturated carbocycles. The van der Waals surface area contributed by atoms with E-state index in [0.29, 0.717) is 0 Å². The molecular formula is C14H17. The maximum Gasteiger partial charge on any atom is -0.0163 e. The standard InChI is InChI=1S/C14H17/c1-2-4-6-8-10-12-14-13-11-9-7-5-3-1/h1-6,9,11,14H,7-8,10,13H2/b2-1+,5-3-,6-4+,11-9+,14-12?. The molecule has 1 radical (unpaired) electrons. The Kier molecular flexibility index (Phi) is 6.39. The van der Waals surface area contributed by atoms with Gasteiger partial charge in [-0.15, -0.1) is 0 Å². The lowest BCUT2D eigenvalue weighted by molar-refractivity contribution is 1.02. The van der Waals surface area contributed by atoms with Crippen LogP contribution in [0.15, 0.2) is 54.7 Å². The first kappa shape index (κ1) is 10.8. The van der Waals surface area contributed by atoms with E-state index >= 15 is 0 Å². The Bertz CT molecular complexity index is 262. The first-order valence-electron chi connectivity index (χ1n) is 5.18. The maximum absolute atomic E-state index is 3.27. The smallest absolute Gasteiger partial charge is 0.0163 e. The Morgan fingerprint density at radius 3 is 2.43 bits per heavy atom. The zero-order valence-electron chi connectivity index (χ0n) is 8.52. The molecule has 1 aliphatic rings. The lowest BCUT2D eigenvalue weighted by Crippen LogP contribution is -1.67. The number of hydrogen-bond donors (Lipinski definition) is 0. The summed E-state index contributed by atoms with van der Waals surface area (Å²) in [6.07, 6.45) is 26.5. The number of allylic oxidation sites excluding steroid dienone is 10. The minimum Gasteiger partial charge on any atom is -0.0844 e. The van der Waals surface area contributed by atoms with Crippen LogP contribution in [-0.4, -0.2) is 0 Å². The van der Waals surface area contributed by atoms with Crippen LogP contribution in [0, 0.1) is 6.08 Å². The molecule has 0 heteroatoms. The van der Waals surface area contributed by atoms with E-state index in [2.05, 4.69) is 60.8 Å². The highest BCUT2D eigenvalue weighted by Gasteiger charge is 1.77. The van der Waals surface area contributed by atoms with E-state index in [9.17, 15) is 0 Å². The molecule has 73 valence electrons. The molecule has 0 heterocycles. The summed E-state index contributed by atoms with van der Waals surface area (Å²) < 4.78 is 0. The van der Waals surface area contributed by atoms with Gasteiger partial charge >= 0.3 is 0 Å². The summed E-state index contributed by atoms with van der Waals surface area (Å²) in [6.45, 7) is 0. The first-order chi connectivity index (χ1) is 7.00. The fourth-order valence-electron chi connectivity index (χ4n) is 1.15. The van der Waals surface area contributed by atoms with Gasteiger partial charge in [0.05, 0.1) is 0 Å². The molecule has 0 aromatic carbocycles. The average molecular weight is 185 g/mol. The lowest BCUT2D eigenvalue weighted by Gasteiger charge is -1.86. The zero-order chi connectivity index (χ0) is 9.90. The Labute approximate surface area is 87.0 Å². The molecule has 14 heavy (non-hydrogen) atoms. The van der Waals surface area contributed by atoms with Crippen molar-refractivity contribution in [2.45, 2.75) is 25.7 Å². The molecule has 0 aliphatic heterocycles. The van der Waals surface area contributed by atoms with E-state index in [1.54, 1.807) is 0 Å². The summed E-state index contributed by atoms with van der Waals surface area (Å²) in [5.41, 5.74) is 0. The van der Waals surface area contributed by atoms with Crippen molar-refractivity contribution < 1.29 is 0 Å². The van der Waals surface area contributed by atoms with Crippen LogP contribution in [0.25, 0.3) is 0 Å². The maximum atomic E-state index is 3.27. The minimum atomic E-state index is 1.01. The van der Waals surface area contributed by atoms with E-state index in [4.69, 9.17) is 0 Å². The molecule has 1 rings (SSSR count). The topological polar surface area (TPSA) is 0 Å². The quantitative estimate of drug-likeness (QED) is 0.497. The molecule has 0 aromatic rings. The van der Waals surface area contributed by atoms with E-state index in [1.165, 1.54) is 0 Å². The molecule has 0 spiro atoms. The summed E-state index contributed by atoms with van der Waals surface area (Å²) in [7, 11) is 0. The van der Waals surface area contributed by atoms with Gasteiger partial charge in [-0.1, -0.05) is 54.7 Å². The van der Waals surface area contributed by atoms with Gasteiger partial charge in [-0.3, -0.25) is 0 Å². The minimum absolute atomic E-state index is 1.01. The van der Waals surface area contributed by atoms with Crippen LogP contribution < -0.4 is 0 Å². The summed E-state index contributed by atoms with van der Waals surface area (Å²) in [5.74, 6) is 0. The van der Waals surface area contributed by atoms with Gasteiger partial charge in [0.15, 0.2) is 0 Å². The van der Waals surface area contributed by atoms with Crippen molar-refractivity contribution in [3.8, 4) is 0 Å². The normalized spacial score (nSPS) is 29.7. The van der Waals surface area contributed by atoms with Crippen LogP contribution in [0.5, 0.6) is 0 Å². The molecule has 0 saturated heterocycles. The van der Waals surface area contributed by atoms with E-state index < -0.39 is 0 Å². The van der Waals surface area contributed by atoms with Gasteiger partial charge < -0.3 is 0 Å². The average Bonchev–Trinajstić information content (AvgIpc) is 2.22. The van der Waals surface area contributed by atoms with E-state index in [1.807, 2.05) is 0 Å². The number of hydrogen-bond acceptors (Lipinski definition) is 0. The third-order valence-corrected chi connectivity index (χ3v) is 1.90.